The van der Waals surface area contributed by atoms with E-state index in [1.54, 1.807) is 18.2 Å². The summed E-state index contributed by atoms with van der Waals surface area (Å²) in [5.41, 5.74) is 10.1. The molecule has 1 amide bonds. The first kappa shape index (κ1) is 18.7. The highest BCUT2D eigenvalue weighted by Crippen LogP contribution is 2.35. The van der Waals surface area contributed by atoms with Crippen molar-refractivity contribution in [2.45, 2.75) is 6.92 Å². The molecule has 0 saturated carbocycles. The molecular weight excluding hydrogens is 413 g/mol. The molecule has 0 bridgehead atoms. The van der Waals surface area contributed by atoms with Crippen LogP contribution in [0.2, 0.25) is 10.0 Å². The lowest BCUT2D eigenvalue weighted by Crippen LogP contribution is -2.12. The molecule has 0 spiro atoms. The van der Waals surface area contributed by atoms with Gasteiger partial charge in [0, 0.05) is 16.0 Å². The first-order chi connectivity index (χ1) is 13.4. The average molecular weight is 428 g/mol. The second kappa shape index (κ2) is 7.43. The summed E-state index contributed by atoms with van der Waals surface area (Å²) in [6.07, 6.45) is 0. The van der Waals surface area contributed by atoms with E-state index in [2.05, 4.69) is 10.3 Å². The van der Waals surface area contributed by atoms with Gasteiger partial charge in [0.25, 0.3) is 5.91 Å². The van der Waals surface area contributed by atoms with Gasteiger partial charge < -0.3 is 11.1 Å². The molecule has 0 unspecified atom stereocenters. The van der Waals surface area contributed by atoms with Crippen molar-refractivity contribution in [3.8, 4) is 11.3 Å². The fourth-order valence-corrected chi connectivity index (χ4v) is 4.15. The number of pyridine rings is 1. The van der Waals surface area contributed by atoms with E-state index in [9.17, 15) is 4.79 Å². The van der Waals surface area contributed by atoms with Gasteiger partial charge in [-0.15, -0.1) is 11.3 Å². The standard InChI is InChI=1S/C21H15Cl2N3OS/c1-11-2-4-12(5-3-11)16-9-7-14-18(24)19(28-21(14)26-16)20(27)25-17-10-13(22)6-8-15(17)23/h2-10H,24H2,1H3,(H,25,27). The van der Waals surface area contributed by atoms with Crippen molar-refractivity contribution in [2.24, 2.45) is 0 Å². The zero-order chi connectivity index (χ0) is 19.8. The molecule has 3 N–H and O–H groups in total. The number of hydrogen-bond acceptors (Lipinski definition) is 4. The zero-order valence-corrected chi connectivity index (χ0v) is 17.1. The molecule has 140 valence electrons. The Kier molecular flexibility index (Phi) is 4.98. The number of fused-ring (bicyclic) bond motifs is 1. The summed E-state index contributed by atoms with van der Waals surface area (Å²) in [7, 11) is 0. The summed E-state index contributed by atoms with van der Waals surface area (Å²) < 4.78 is 0. The van der Waals surface area contributed by atoms with E-state index >= 15 is 0 Å². The maximum Gasteiger partial charge on any atom is 0.267 e. The first-order valence-corrected chi connectivity index (χ1v) is 10.0. The van der Waals surface area contributed by atoms with Crippen LogP contribution >= 0.6 is 34.5 Å². The monoisotopic (exact) mass is 427 g/mol. The van der Waals surface area contributed by atoms with Gasteiger partial charge >= 0.3 is 0 Å². The van der Waals surface area contributed by atoms with Crippen molar-refractivity contribution in [2.75, 3.05) is 11.1 Å². The minimum atomic E-state index is -0.346. The fourth-order valence-electron chi connectivity index (χ4n) is 2.82. The Bertz CT molecular complexity index is 1200. The van der Waals surface area contributed by atoms with Gasteiger partial charge in [-0.25, -0.2) is 4.98 Å². The van der Waals surface area contributed by atoms with Crippen molar-refractivity contribution in [1.29, 1.82) is 0 Å². The van der Waals surface area contributed by atoms with E-state index < -0.39 is 0 Å². The summed E-state index contributed by atoms with van der Waals surface area (Å²) in [6.45, 7) is 2.04. The molecular formula is C21H15Cl2N3OS. The van der Waals surface area contributed by atoms with Crippen LogP contribution in [0.5, 0.6) is 0 Å². The Balaban J connectivity index is 1.69. The molecule has 0 atom stereocenters. The largest absolute Gasteiger partial charge is 0.397 e. The third kappa shape index (κ3) is 3.56. The molecule has 0 aliphatic carbocycles. The Morgan fingerprint density at radius 1 is 1.07 bits per heavy atom. The van der Waals surface area contributed by atoms with E-state index in [0.717, 1.165) is 16.6 Å². The number of carbonyl (C=O) groups excluding carboxylic acids is 1. The predicted octanol–water partition coefficient (Wildman–Crippen LogP) is 6.41. The van der Waals surface area contributed by atoms with Crippen molar-refractivity contribution in [1.82, 2.24) is 4.98 Å². The van der Waals surface area contributed by atoms with Crippen LogP contribution in [-0.4, -0.2) is 10.9 Å². The lowest BCUT2D eigenvalue weighted by Gasteiger charge is -2.07. The molecule has 4 aromatic rings. The minimum Gasteiger partial charge on any atom is -0.397 e. The normalized spacial score (nSPS) is 11.0. The number of aromatic nitrogens is 1. The number of amides is 1. The number of nitrogens with one attached hydrogen (secondary N) is 1. The summed E-state index contributed by atoms with van der Waals surface area (Å²) in [5, 5.41) is 4.40. The molecule has 7 heteroatoms. The Labute approximate surface area is 175 Å². The van der Waals surface area contributed by atoms with Crippen LogP contribution in [0.3, 0.4) is 0 Å². The highest BCUT2D eigenvalue weighted by molar-refractivity contribution is 7.21. The molecule has 0 fully saturated rings. The smallest absolute Gasteiger partial charge is 0.267 e. The van der Waals surface area contributed by atoms with Crippen molar-refractivity contribution in [3.63, 3.8) is 0 Å². The Morgan fingerprint density at radius 3 is 2.57 bits per heavy atom. The highest BCUT2D eigenvalue weighted by atomic mass is 35.5. The number of hydrogen-bond donors (Lipinski definition) is 2. The maximum atomic E-state index is 12.8. The highest BCUT2D eigenvalue weighted by Gasteiger charge is 2.19. The van der Waals surface area contributed by atoms with Gasteiger partial charge in [0.05, 0.1) is 22.1 Å². The summed E-state index contributed by atoms with van der Waals surface area (Å²) in [4.78, 5) is 18.5. The molecule has 28 heavy (non-hydrogen) atoms. The summed E-state index contributed by atoms with van der Waals surface area (Å²) in [5.74, 6) is -0.346. The molecule has 0 aliphatic rings. The zero-order valence-electron chi connectivity index (χ0n) is 14.8. The quantitative estimate of drug-likeness (QED) is 0.396. The number of nitrogens with two attached hydrogens (primary N) is 1. The van der Waals surface area contributed by atoms with E-state index in [-0.39, 0.29) is 5.91 Å². The van der Waals surface area contributed by atoms with Gasteiger partial charge in [-0.05, 0) is 37.3 Å². The van der Waals surface area contributed by atoms with Gasteiger partial charge in [0.2, 0.25) is 0 Å². The van der Waals surface area contributed by atoms with Gasteiger partial charge in [-0.1, -0.05) is 53.0 Å². The van der Waals surface area contributed by atoms with Crippen molar-refractivity contribution < 1.29 is 4.79 Å². The molecule has 0 radical (unpaired) electrons. The van der Waals surface area contributed by atoms with Gasteiger partial charge in [0.1, 0.15) is 9.71 Å². The van der Waals surface area contributed by atoms with Crippen LogP contribution in [0.15, 0.2) is 54.6 Å². The Morgan fingerprint density at radius 2 is 1.82 bits per heavy atom. The number of halogens is 2. The third-order valence-electron chi connectivity index (χ3n) is 4.32. The van der Waals surface area contributed by atoms with Crippen LogP contribution < -0.4 is 11.1 Å². The fraction of sp³-hybridized carbons (Fsp3) is 0.0476. The second-order valence-electron chi connectivity index (χ2n) is 6.34. The SMILES string of the molecule is Cc1ccc(-c2ccc3c(N)c(C(=O)Nc4cc(Cl)ccc4Cl)sc3n2)cc1. The molecule has 4 rings (SSSR count). The van der Waals surface area contributed by atoms with Crippen molar-refractivity contribution in [3.05, 3.63) is 75.1 Å². The van der Waals surface area contributed by atoms with Crippen LogP contribution in [-0.2, 0) is 0 Å². The molecule has 0 aliphatic heterocycles. The number of benzene rings is 2. The van der Waals surface area contributed by atoms with Gasteiger partial charge in [0.15, 0.2) is 0 Å². The molecule has 2 heterocycles. The number of nitrogens with zero attached hydrogens (tertiary/aromatic N) is 1. The number of rotatable bonds is 3. The number of nitrogen functional groups attached to an aromatic ring is 1. The van der Waals surface area contributed by atoms with E-state index in [1.807, 2.05) is 43.3 Å². The van der Waals surface area contributed by atoms with Gasteiger partial charge in [-0.3, -0.25) is 4.79 Å². The number of anilines is 2. The Hall–Kier alpha value is -2.60. The lowest BCUT2D eigenvalue weighted by atomic mass is 10.1. The first-order valence-electron chi connectivity index (χ1n) is 8.45. The van der Waals surface area contributed by atoms with E-state index in [4.69, 9.17) is 28.9 Å². The maximum absolute atomic E-state index is 12.8. The predicted molar refractivity (Wildman–Crippen MR) is 119 cm³/mol. The van der Waals surface area contributed by atoms with Gasteiger partial charge in [-0.2, -0.15) is 0 Å². The average Bonchev–Trinajstić information content (AvgIpc) is 3.01. The van der Waals surface area contributed by atoms with E-state index in [0.29, 0.717) is 31.1 Å². The topological polar surface area (TPSA) is 68.0 Å². The van der Waals surface area contributed by atoms with Crippen LogP contribution in [0.4, 0.5) is 11.4 Å². The molecule has 4 nitrogen and oxygen atoms in total. The van der Waals surface area contributed by atoms with Crippen LogP contribution in [0.1, 0.15) is 15.2 Å². The number of thiophene rings is 1. The molecule has 0 saturated heterocycles. The third-order valence-corrected chi connectivity index (χ3v) is 6.00. The van der Waals surface area contributed by atoms with Crippen molar-refractivity contribution >= 4 is 62.0 Å². The second-order valence-corrected chi connectivity index (χ2v) is 8.18. The lowest BCUT2D eigenvalue weighted by molar-refractivity contribution is 0.103. The summed E-state index contributed by atoms with van der Waals surface area (Å²) >= 11 is 13.4. The minimum absolute atomic E-state index is 0.346. The van der Waals surface area contributed by atoms with Crippen LogP contribution in [0, 0.1) is 6.92 Å². The number of carbonyl (C=O) groups is 1. The summed E-state index contributed by atoms with van der Waals surface area (Å²) in [6, 6.07) is 16.8. The van der Waals surface area contributed by atoms with Crippen LogP contribution in [0.25, 0.3) is 21.5 Å². The molecule has 2 aromatic heterocycles. The van der Waals surface area contributed by atoms with E-state index in [1.165, 1.54) is 16.9 Å². The molecule has 2 aromatic carbocycles. The number of aryl methyl sites for hydroxylation is 1.